The summed E-state index contributed by atoms with van der Waals surface area (Å²) in [6.07, 6.45) is 6.99. The van der Waals surface area contributed by atoms with Gasteiger partial charge in [0.05, 0.1) is 16.2 Å². The highest BCUT2D eigenvalue weighted by Gasteiger charge is 2.27. The maximum atomic E-state index is 11.6. The minimum Gasteiger partial charge on any atom is -0.382 e. The number of fused-ring (bicyclic) bond motifs is 1. The molecule has 1 saturated heterocycles. The lowest BCUT2D eigenvalue weighted by Gasteiger charge is -2.35. The third-order valence-electron chi connectivity index (χ3n) is 6.20. The second-order valence-corrected chi connectivity index (χ2v) is 9.59. The Morgan fingerprint density at radius 2 is 1.97 bits per heavy atom. The van der Waals surface area contributed by atoms with E-state index in [-0.39, 0.29) is 18.0 Å². The molecule has 9 heteroatoms. The van der Waals surface area contributed by atoms with Gasteiger partial charge in [0.15, 0.2) is 5.82 Å². The number of pyridine rings is 1. The largest absolute Gasteiger partial charge is 0.382 e. The number of hydrogen-bond acceptors (Lipinski definition) is 6. The second kappa shape index (κ2) is 9.11. The molecule has 0 bridgehead atoms. The zero-order valence-electron chi connectivity index (χ0n) is 19.0. The van der Waals surface area contributed by atoms with E-state index in [0.29, 0.717) is 23.9 Å². The zero-order chi connectivity index (χ0) is 23.8. The number of likely N-dealkylation sites (tertiary alicyclic amines) is 1. The number of rotatable bonds is 5. The lowest BCUT2D eigenvalue weighted by Crippen LogP contribution is -2.46. The number of aromatic nitrogens is 3. The highest BCUT2D eigenvalue weighted by atomic mass is 35.5. The molecule has 8 nitrogen and oxygen atoms in total. The van der Waals surface area contributed by atoms with Gasteiger partial charge in [-0.05, 0) is 57.2 Å². The molecular weight excluding hydrogens is 440 g/mol. The minimum atomic E-state index is -1.10. The van der Waals surface area contributed by atoms with E-state index in [1.807, 2.05) is 18.2 Å². The molecule has 3 heterocycles. The van der Waals surface area contributed by atoms with E-state index in [2.05, 4.69) is 27.2 Å². The number of nitrogens with zero attached hydrogens (tertiary/aromatic N) is 4. The van der Waals surface area contributed by atoms with Crippen molar-refractivity contribution >= 4 is 34.2 Å². The van der Waals surface area contributed by atoms with E-state index < -0.39 is 5.60 Å². The molecule has 4 rings (SSSR count). The van der Waals surface area contributed by atoms with Crippen LogP contribution < -0.4 is 11.1 Å². The van der Waals surface area contributed by atoms with Crippen LogP contribution in [0.15, 0.2) is 36.8 Å². The number of hydrogen-bond donors (Lipinski definition) is 3. The van der Waals surface area contributed by atoms with Gasteiger partial charge in [0, 0.05) is 48.7 Å². The maximum absolute atomic E-state index is 11.6. The first-order chi connectivity index (χ1) is 15.6. The topological polar surface area (TPSA) is 117 Å². The van der Waals surface area contributed by atoms with E-state index in [1.54, 1.807) is 37.3 Å². The Bertz CT molecular complexity index is 1160. The van der Waals surface area contributed by atoms with Crippen molar-refractivity contribution in [2.45, 2.75) is 45.3 Å². The van der Waals surface area contributed by atoms with Crippen LogP contribution in [0.25, 0.3) is 22.0 Å². The van der Waals surface area contributed by atoms with Crippen molar-refractivity contribution in [2.24, 2.45) is 11.7 Å². The normalized spacial score (nSPS) is 17.7. The van der Waals surface area contributed by atoms with Gasteiger partial charge in [-0.2, -0.15) is 0 Å². The third-order valence-corrected chi connectivity index (χ3v) is 6.49. The molecule has 4 N–H and O–H groups in total. The fourth-order valence-electron chi connectivity index (χ4n) is 4.25. The number of halogens is 1. The summed E-state index contributed by atoms with van der Waals surface area (Å²) in [6.45, 7) is 6.74. The summed E-state index contributed by atoms with van der Waals surface area (Å²) in [5.41, 5.74) is 7.76. The quantitative estimate of drug-likeness (QED) is 0.517. The van der Waals surface area contributed by atoms with Gasteiger partial charge in [-0.25, -0.2) is 14.8 Å². The van der Waals surface area contributed by atoms with Gasteiger partial charge >= 0.3 is 6.03 Å². The number of carbonyl (C=O) groups is 1. The van der Waals surface area contributed by atoms with Crippen molar-refractivity contribution in [3.8, 4) is 11.1 Å². The van der Waals surface area contributed by atoms with Gasteiger partial charge in [-0.15, -0.1) is 0 Å². The summed E-state index contributed by atoms with van der Waals surface area (Å²) < 4.78 is 0. The average molecular weight is 469 g/mol. The number of nitrogens with two attached hydrogens (primary N) is 1. The smallest absolute Gasteiger partial charge is 0.314 e. The van der Waals surface area contributed by atoms with Gasteiger partial charge in [0.25, 0.3) is 0 Å². The molecule has 1 aliphatic rings. The fourth-order valence-corrected chi connectivity index (χ4v) is 4.46. The molecule has 2 amide bonds. The highest BCUT2D eigenvalue weighted by Crippen LogP contribution is 2.34. The number of benzene rings is 1. The first-order valence-corrected chi connectivity index (χ1v) is 11.5. The van der Waals surface area contributed by atoms with E-state index in [9.17, 15) is 9.90 Å². The minimum absolute atomic E-state index is 0.0771. The lowest BCUT2D eigenvalue weighted by atomic mass is 9.91. The van der Waals surface area contributed by atoms with Crippen molar-refractivity contribution in [1.82, 2.24) is 19.9 Å². The monoisotopic (exact) mass is 468 g/mol. The molecule has 33 heavy (non-hydrogen) atoms. The Morgan fingerprint density at radius 3 is 2.64 bits per heavy atom. The molecule has 2 aromatic heterocycles. The predicted octanol–water partition coefficient (Wildman–Crippen LogP) is 4.16. The molecular formula is C24H29ClN6O2. The van der Waals surface area contributed by atoms with Crippen LogP contribution >= 0.6 is 11.6 Å². The van der Waals surface area contributed by atoms with Crippen LogP contribution in [-0.2, 0) is 5.60 Å². The Labute approximate surface area is 198 Å². The lowest BCUT2D eigenvalue weighted by molar-refractivity contribution is 0.0687. The standard InChI is InChI=1S/C24H29ClN6O2/c1-14(16-5-4-8-31(13-16)23(26)32)30-21-18-9-15(6-7-20(18)27-12-19(21)25)17-10-28-22(29-11-17)24(2,3)33/h6-7,9-12,14,16,33H,4-5,8,13H2,1-3H3,(H2,26,32)(H,27,30)/t14-,16?/m0/s1. The van der Waals surface area contributed by atoms with Crippen LogP contribution in [0, 0.1) is 5.92 Å². The van der Waals surface area contributed by atoms with Crippen LogP contribution in [0.1, 0.15) is 39.4 Å². The fraction of sp³-hybridized carbons (Fsp3) is 0.417. The number of amides is 2. The number of urea groups is 1. The molecule has 1 aromatic carbocycles. The van der Waals surface area contributed by atoms with Crippen LogP contribution in [0.5, 0.6) is 0 Å². The first kappa shape index (κ1) is 23.2. The SMILES string of the molecule is C[C@H](Nc1c(Cl)cnc2ccc(-c3cnc(C(C)(C)O)nc3)cc12)C1CCCN(C(N)=O)C1. The van der Waals surface area contributed by atoms with E-state index >= 15 is 0 Å². The summed E-state index contributed by atoms with van der Waals surface area (Å²) in [5, 5.41) is 15.1. The molecule has 0 radical (unpaired) electrons. The number of primary amides is 1. The van der Waals surface area contributed by atoms with Gasteiger partial charge in [0.2, 0.25) is 0 Å². The molecule has 1 unspecified atom stereocenters. The molecule has 0 aliphatic carbocycles. The van der Waals surface area contributed by atoms with E-state index in [1.165, 1.54) is 0 Å². The maximum Gasteiger partial charge on any atom is 0.314 e. The Balaban J connectivity index is 1.64. The predicted molar refractivity (Wildman–Crippen MR) is 130 cm³/mol. The van der Waals surface area contributed by atoms with E-state index in [4.69, 9.17) is 17.3 Å². The third kappa shape index (κ3) is 5.02. The Morgan fingerprint density at radius 1 is 1.24 bits per heavy atom. The Hall–Kier alpha value is -2.97. The van der Waals surface area contributed by atoms with Crippen LogP contribution in [0.4, 0.5) is 10.5 Å². The average Bonchev–Trinajstić information content (AvgIpc) is 2.80. The number of piperidine rings is 1. The molecule has 0 spiro atoms. The van der Waals surface area contributed by atoms with Crippen molar-refractivity contribution in [3.63, 3.8) is 0 Å². The summed E-state index contributed by atoms with van der Waals surface area (Å²) in [6, 6.07) is 5.62. The molecule has 174 valence electrons. The Kier molecular flexibility index (Phi) is 6.41. The van der Waals surface area contributed by atoms with Crippen molar-refractivity contribution in [1.29, 1.82) is 0 Å². The van der Waals surface area contributed by atoms with Crippen LogP contribution in [0.2, 0.25) is 5.02 Å². The number of nitrogens with one attached hydrogen (secondary N) is 1. The first-order valence-electron chi connectivity index (χ1n) is 11.1. The van der Waals surface area contributed by atoms with Gasteiger partial charge in [-0.3, -0.25) is 4.98 Å². The van der Waals surface area contributed by atoms with Gasteiger partial charge in [0.1, 0.15) is 5.60 Å². The van der Waals surface area contributed by atoms with Crippen molar-refractivity contribution < 1.29 is 9.90 Å². The molecule has 1 fully saturated rings. The van der Waals surface area contributed by atoms with Gasteiger partial charge < -0.3 is 21.1 Å². The molecule has 3 aromatic rings. The van der Waals surface area contributed by atoms with Crippen LogP contribution in [0.3, 0.4) is 0 Å². The second-order valence-electron chi connectivity index (χ2n) is 9.19. The van der Waals surface area contributed by atoms with Gasteiger partial charge in [-0.1, -0.05) is 17.7 Å². The highest BCUT2D eigenvalue weighted by molar-refractivity contribution is 6.34. The molecule has 1 aliphatic heterocycles. The zero-order valence-corrected chi connectivity index (χ0v) is 19.8. The van der Waals surface area contributed by atoms with E-state index in [0.717, 1.165) is 40.6 Å². The molecule has 0 saturated carbocycles. The molecule has 2 atom stereocenters. The van der Waals surface area contributed by atoms with Crippen molar-refractivity contribution in [2.75, 3.05) is 18.4 Å². The summed E-state index contributed by atoms with van der Waals surface area (Å²) in [7, 11) is 0. The van der Waals surface area contributed by atoms with Crippen LogP contribution in [-0.4, -0.2) is 50.1 Å². The summed E-state index contributed by atoms with van der Waals surface area (Å²) in [4.78, 5) is 26.4. The summed E-state index contributed by atoms with van der Waals surface area (Å²) >= 11 is 6.57. The number of aliphatic hydroxyl groups is 1. The van der Waals surface area contributed by atoms with Crippen molar-refractivity contribution in [3.05, 3.63) is 47.6 Å². The summed E-state index contributed by atoms with van der Waals surface area (Å²) in [5.74, 6) is 0.627. The number of anilines is 1. The number of carbonyl (C=O) groups excluding carboxylic acids is 1.